The third-order valence-corrected chi connectivity index (χ3v) is 3.05. The normalized spacial score (nSPS) is 11.6. The van der Waals surface area contributed by atoms with Gasteiger partial charge in [0, 0.05) is 16.5 Å². The second kappa shape index (κ2) is 4.32. The minimum atomic E-state index is -4.44. The molecule has 0 spiro atoms. The number of alkyl halides is 3. The van der Waals surface area contributed by atoms with Crippen LogP contribution >= 0.6 is 11.8 Å². The number of nitrogens with zero attached hydrogens (tertiary/aromatic N) is 1. The number of rotatable bonds is 2. The predicted molar refractivity (Wildman–Crippen MR) is 54.5 cm³/mol. The fourth-order valence-corrected chi connectivity index (χ4v) is 2.01. The molecule has 0 N–H and O–H groups in total. The summed E-state index contributed by atoms with van der Waals surface area (Å²) in [6.45, 7) is 2.81. The highest BCUT2D eigenvalue weighted by atomic mass is 32.2. The Labute approximate surface area is 93.8 Å². The first-order valence-electron chi connectivity index (χ1n) is 4.22. The molecule has 0 fully saturated rings. The summed E-state index contributed by atoms with van der Waals surface area (Å²) < 4.78 is 36.7. The number of thioether (sulfide) groups is 1. The van der Waals surface area contributed by atoms with Crippen molar-refractivity contribution in [2.24, 2.45) is 0 Å². The summed E-state index contributed by atoms with van der Waals surface area (Å²) in [5.74, 6) is 0. The van der Waals surface area contributed by atoms with Crippen LogP contribution in [0.25, 0.3) is 0 Å². The maximum Gasteiger partial charge on any atom is 0.446 e. The summed E-state index contributed by atoms with van der Waals surface area (Å²) >= 11 is -0.319. The molecule has 0 radical (unpaired) electrons. The average molecular weight is 251 g/mol. The Balaban J connectivity index is 3.27. The van der Waals surface area contributed by atoms with Gasteiger partial charge < -0.3 is 0 Å². The molecule has 0 heterocycles. The Bertz CT molecular complexity index is 431. The lowest BCUT2D eigenvalue weighted by Gasteiger charge is -2.11. The van der Waals surface area contributed by atoms with Crippen LogP contribution in [0.15, 0.2) is 17.0 Å². The third kappa shape index (κ3) is 2.88. The average Bonchev–Trinajstić information content (AvgIpc) is 2.10. The summed E-state index contributed by atoms with van der Waals surface area (Å²) in [6.07, 6.45) is 0. The fraction of sp³-hybridized carbons (Fsp3) is 0.333. The molecule has 0 amide bonds. The Morgan fingerprint density at radius 2 is 1.88 bits per heavy atom. The predicted octanol–water partition coefficient (Wildman–Crippen LogP) is 3.82. The fourth-order valence-electron chi connectivity index (χ4n) is 1.29. The van der Waals surface area contributed by atoms with E-state index >= 15 is 0 Å². The molecule has 0 unspecified atom stereocenters. The second-order valence-corrected chi connectivity index (χ2v) is 4.24. The van der Waals surface area contributed by atoms with Crippen molar-refractivity contribution in [1.29, 1.82) is 0 Å². The van der Waals surface area contributed by atoms with Gasteiger partial charge in [-0.2, -0.15) is 13.2 Å². The van der Waals surface area contributed by atoms with E-state index in [4.69, 9.17) is 0 Å². The molecule has 1 aromatic rings. The zero-order chi connectivity index (χ0) is 12.5. The van der Waals surface area contributed by atoms with Gasteiger partial charge in [0.05, 0.1) is 4.92 Å². The van der Waals surface area contributed by atoms with Gasteiger partial charge in [-0.15, -0.1) is 0 Å². The van der Waals surface area contributed by atoms with E-state index in [1.54, 1.807) is 0 Å². The maximum absolute atomic E-state index is 12.2. The lowest BCUT2D eigenvalue weighted by Crippen LogP contribution is -2.03. The zero-order valence-corrected chi connectivity index (χ0v) is 9.28. The lowest BCUT2D eigenvalue weighted by atomic mass is 10.1. The summed E-state index contributed by atoms with van der Waals surface area (Å²) in [5.41, 5.74) is -4.31. The van der Waals surface area contributed by atoms with Crippen molar-refractivity contribution in [2.75, 3.05) is 0 Å². The minimum absolute atomic E-state index is 0.0484. The van der Waals surface area contributed by atoms with Crippen molar-refractivity contribution in [3.05, 3.63) is 33.4 Å². The molecule has 0 aliphatic heterocycles. The molecule has 0 saturated heterocycles. The van der Waals surface area contributed by atoms with Gasteiger partial charge in [-0.3, -0.25) is 10.1 Å². The first-order chi connectivity index (χ1) is 7.22. The molecule has 1 aromatic carbocycles. The van der Waals surface area contributed by atoms with Crippen LogP contribution in [0.2, 0.25) is 0 Å². The second-order valence-electron chi connectivity index (χ2n) is 3.16. The van der Waals surface area contributed by atoms with Crippen LogP contribution in [-0.4, -0.2) is 10.4 Å². The monoisotopic (exact) mass is 251 g/mol. The van der Waals surface area contributed by atoms with E-state index in [1.165, 1.54) is 26.0 Å². The largest absolute Gasteiger partial charge is 0.446 e. The number of nitro benzene ring substituents is 1. The third-order valence-electron chi connectivity index (χ3n) is 1.99. The van der Waals surface area contributed by atoms with E-state index in [0.29, 0.717) is 5.56 Å². The standard InChI is InChI=1S/C9H8F3NO2S/c1-5-3-4-7(13(14)15)6(2)8(5)16-9(10,11)12/h3-4H,1-2H3. The van der Waals surface area contributed by atoms with Gasteiger partial charge in [0.25, 0.3) is 5.69 Å². The molecule has 3 nitrogen and oxygen atoms in total. The number of benzene rings is 1. The Kier molecular flexibility index (Phi) is 3.47. The summed E-state index contributed by atoms with van der Waals surface area (Å²) in [7, 11) is 0. The molecular formula is C9H8F3NO2S. The molecule has 0 bridgehead atoms. The van der Waals surface area contributed by atoms with Gasteiger partial charge in [-0.1, -0.05) is 6.07 Å². The summed E-state index contributed by atoms with van der Waals surface area (Å²) in [5, 5.41) is 10.6. The van der Waals surface area contributed by atoms with Crippen molar-refractivity contribution in [3.63, 3.8) is 0 Å². The summed E-state index contributed by atoms with van der Waals surface area (Å²) in [6, 6.07) is 2.53. The highest BCUT2D eigenvalue weighted by Crippen LogP contribution is 2.42. The summed E-state index contributed by atoms with van der Waals surface area (Å²) in [4.78, 5) is 9.78. The number of hydrogen-bond acceptors (Lipinski definition) is 3. The molecule has 7 heteroatoms. The number of halogens is 3. The van der Waals surface area contributed by atoms with Gasteiger partial charge in [-0.05, 0) is 31.2 Å². The van der Waals surface area contributed by atoms with E-state index in [2.05, 4.69) is 0 Å². The number of nitro groups is 1. The van der Waals surface area contributed by atoms with Gasteiger partial charge in [-0.25, -0.2) is 0 Å². The molecule has 88 valence electrons. The van der Waals surface area contributed by atoms with Crippen LogP contribution in [-0.2, 0) is 0 Å². The van der Waals surface area contributed by atoms with E-state index in [0.717, 1.165) is 0 Å². The van der Waals surface area contributed by atoms with Crippen LogP contribution in [0.4, 0.5) is 18.9 Å². The van der Waals surface area contributed by atoms with Gasteiger partial charge in [0.2, 0.25) is 0 Å². The van der Waals surface area contributed by atoms with E-state index in [1.807, 2.05) is 0 Å². The van der Waals surface area contributed by atoms with Crippen LogP contribution in [0, 0.1) is 24.0 Å². The smallest absolute Gasteiger partial charge is 0.258 e. The topological polar surface area (TPSA) is 43.1 Å². The molecule has 0 aliphatic carbocycles. The van der Waals surface area contributed by atoms with Gasteiger partial charge in [0.1, 0.15) is 0 Å². The first kappa shape index (κ1) is 12.8. The van der Waals surface area contributed by atoms with Crippen LogP contribution in [0.1, 0.15) is 11.1 Å². The molecule has 0 saturated carbocycles. The quantitative estimate of drug-likeness (QED) is 0.456. The van der Waals surface area contributed by atoms with Crippen LogP contribution in [0.3, 0.4) is 0 Å². The molecule has 0 aliphatic rings. The highest BCUT2D eigenvalue weighted by Gasteiger charge is 2.32. The molecule has 1 rings (SSSR count). The van der Waals surface area contributed by atoms with E-state index in [9.17, 15) is 23.3 Å². The Hall–Kier alpha value is -1.24. The van der Waals surface area contributed by atoms with E-state index < -0.39 is 10.4 Å². The Morgan fingerprint density at radius 1 is 1.31 bits per heavy atom. The van der Waals surface area contributed by atoms with Crippen LogP contribution < -0.4 is 0 Å². The van der Waals surface area contributed by atoms with Gasteiger partial charge in [0.15, 0.2) is 0 Å². The van der Waals surface area contributed by atoms with Crippen molar-refractivity contribution in [3.8, 4) is 0 Å². The van der Waals surface area contributed by atoms with E-state index in [-0.39, 0.29) is 27.9 Å². The molecule has 0 aromatic heterocycles. The number of hydrogen-bond donors (Lipinski definition) is 0. The SMILES string of the molecule is Cc1ccc([N+](=O)[O-])c(C)c1SC(F)(F)F. The Morgan fingerprint density at radius 3 is 2.31 bits per heavy atom. The van der Waals surface area contributed by atoms with Crippen molar-refractivity contribution < 1.29 is 18.1 Å². The zero-order valence-electron chi connectivity index (χ0n) is 8.46. The van der Waals surface area contributed by atoms with Crippen molar-refractivity contribution in [2.45, 2.75) is 24.3 Å². The van der Waals surface area contributed by atoms with Crippen molar-refractivity contribution >= 4 is 17.4 Å². The molecular weight excluding hydrogens is 243 g/mol. The number of aryl methyl sites for hydroxylation is 1. The first-order valence-corrected chi connectivity index (χ1v) is 5.04. The lowest BCUT2D eigenvalue weighted by molar-refractivity contribution is -0.385. The minimum Gasteiger partial charge on any atom is -0.258 e. The van der Waals surface area contributed by atoms with Crippen LogP contribution in [0.5, 0.6) is 0 Å². The molecule has 16 heavy (non-hydrogen) atoms. The highest BCUT2D eigenvalue weighted by molar-refractivity contribution is 8.00. The van der Waals surface area contributed by atoms with Gasteiger partial charge >= 0.3 is 5.51 Å². The maximum atomic E-state index is 12.2. The molecule has 0 atom stereocenters. The van der Waals surface area contributed by atoms with Crippen molar-refractivity contribution in [1.82, 2.24) is 0 Å².